The highest BCUT2D eigenvalue weighted by molar-refractivity contribution is 5.90. The smallest absolute Gasteiger partial charge is 0.331 e. The first kappa shape index (κ1) is 18.7. The number of nitrogens with one attached hydrogen (secondary N) is 1. The van der Waals surface area contributed by atoms with Crippen molar-refractivity contribution < 1.29 is 18.7 Å². The Labute approximate surface area is 168 Å². The van der Waals surface area contributed by atoms with E-state index in [0.29, 0.717) is 17.0 Å². The number of carbonyl (C=O) groups is 2. The van der Waals surface area contributed by atoms with Gasteiger partial charge in [-0.05, 0) is 50.1 Å². The van der Waals surface area contributed by atoms with Crippen molar-refractivity contribution in [2.24, 2.45) is 0 Å². The zero-order chi connectivity index (χ0) is 20.2. The van der Waals surface area contributed by atoms with Gasteiger partial charge in [0, 0.05) is 23.9 Å². The monoisotopic (exact) mass is 391 g/mol. The van der Waals surface area contributed by atoms with Crippen molar-refractivity contribution in [2.75, 3.05) is 6.61 Å². The Morgan fingerprint density at radius 3 is 2.72 bits per heavy atom. The lowest BCUT2D eigenvalue weighted by Crippen LogP contribution is -2.30. The van der Waals surface area contributed by atoms with Gasteiger partial charge in [-0.15, -0.1) is 0 Å². The molecule has 0 spiro atoms. The Morgan fingerprint density at radius 1 is 1.24 bits per heavy atom. The van der Waals surface area contributed by atoms with Gasteiger partial charge in [0.1, 0.15) is 11.5 Å². The Hall–Kier alpha value is -3.61. The van der Waals surface area contributed by atoms with Crippen LogP contribution >= 0.6 is 0 Å². The summed E-state index contributed by atoms with van der Waals surface area (Å²) in [6, 6.07) is 13.6. The quantitative estimate of drug-likeness (QED) is 0.493. The number of esters is 1. The van der Waals surface area contributed by atoms with Gasteiger partial charge in [0.2, 0.25) is 0 Å². The van der Waals surface area contributed by atoms with Crippen LogP contribution in [0, 0.1) is 6.92 Å². The number of nitrogens with zero attached hydrogens (tertiary/aromatic N) is 2. The molecule has 1 saturated carbocycles. The van der Waals surface area contributed by atoms with Crippen LogP contribution in [0.1, 0.15) is 24.2 Å². The highest BCUT2D eigenvalue weighted by Crippen LogP contribution is 2.26. The Bertz CT molecular complexity index is 1050. The van der Waals surface area contributed by atoms with Crippen molar-refractivity contribution in [3.05, 3.63) is 66.1 Å². The molecule has 7 heteroatoms. The third-order valence-electron chi connectivity index (χ3n) is 4.42. The second-order valence-corrected chi connectivity index (χ2v) is 6.91. The molecular formula is C22H21N3O4. The van der Waals surface area contributed by atoms with Gasteiger partial charge in [-0.25, -0.2) is 9.48 Å². The first-order valence-corrected chi connectivity index (χ1v) is 9.44. The van der Waals surface area contributed by atoms with Crippen LogP contribution in [0.4, 0.5) is 0 Å². The summed E-state index contributed by atoms with van der Waals surface area (Å²) in [5.41, 5.74) is 2.19. The third-order valence-corrected chi connectivity index (χ3v) is 4.42. The van der Waals surface area contributed by atoms with Gasteiger partial charge in [0.15, 0.2) is 12.4 Å². The second kappa shape index (κ2) is 8.18. The molecule has 4 rings (SSSR count). The molecule has 0 unspecified atom stereocenters. The number of ether oxygens (including phenoxy) is 1. The number of benzene rings is 1. The van der Waals surface area contributed by atoms with E-state index in [2.05, 4.69) is 10.4 Å². The van der Waals surface area contributed by atoms with Crippen LogP contribution in [0.25, 0.3) is 23.2 Å². The number of rotatable bonds is 7. The fourth-order valence-electron chi connectivity index (χ4n) is 2.82. The van der Waals surface area contributed by atoms with Crippen molar-refractivity contribution in [1.82, 2.24) is 15.1 Å². The molecule has 1 aromatic carbocycles. The Morgan fingerprint density at radius 2 is 2.03 bits per heavy atom. The van der Waals surface area contributed by atoms with Crippen molar-refractivity contribution >= 4 is 18.0 Å². The van der Waals surface area contributed by atoms with Crippen LogP contribution in [0.15, 0.2) is 59.2 Å². The van der Waals surface area contributed by atoms with Gasteiger partial charge in [-0.2, -0.15) is 5.10 Å². The molecule has 0 atom stereocenters. The fourth-order valence-corrected chi connectivity index (χ4v) is 2.82. The van der Waals surface area contributed by atoms with E-state index >= 15 is 0 Å². The molecule has 2 aromatic heterocycles. The number of furan rings is 1. The van der Waals surface area contributed by atoms with Gasteiger partial charge < -0.3 is 14.5 Å². The molecule has 148 valence electrons. The van der Waals surface area contributed by atoms with Gasteiger partial charge >= 0.3 is 5.97 Å². The molecule has 1 N–H and O–H groups in total. The summed E-state index contributed by atoms with van der Waals surface area (Å²) in [6.07, 6.45) is 6.68. The molecule has 1 aliphatic rings. The predicted molar refractivity (Wildman–Crippen MR) is 107 cm³/mol. The first-order chi connectivity index (χ1) is 14.1. The molecule has 0 bridgehead atoms. The molecule has 3 aromatic rings. The van der Waals surface area contributed by atoms with E-state index in [4.69, 9.17) is 9.15 Å². The minimum Gasteiger partial charge on any atom is -0.460 e. The van der Waals surface area contributed by atoms with Crippen molar-refractivity contribution in [1.29, 1.82) is 0 Å². The SMILES string of the molecule is Cc1ccc(-c2nn(-c3ccccc3)cc2C=CC(=O)OCC(=O)NC2CC2)o1. The minimum absolute atomic E-state index is 0.236. The van der Waals surface area contributed by atoms with Crippen LogP contribution in [0.2, 0.25) is 0 Å². The summed E-state index contributed by atoms with van der Waals surface area (Å²) in [7, 11) is 0. The Kier molecular flexibility index (Phi) is 5.29. The molecule has 1 aliphatic carbocycles. The molecule has 0 aliphatic heterocycles. The number of hydrogen-bond acceptors (Lipinski definition) is 5. The van der Waals surface area contributed by atoms with E-state index < -0.39 is 5.97 Å². The highest BCUT2D eigenvalue weighted by atomic mass is 16.5. The molecule has 2 heterocycles. The van der Waals surface area contributed by atoms with Gasteiger partial charge in [0.05, 0.1) is 5.69 Å². The maximum absolute atomic E-state index is 12.0. The van der Waals surface area contributed by atoms with E-state index in [1.54, 1.807) is 10.8 Å². The Balaban J connectivity index is 1.51. The lowest BCUT2D eigenvalue weighted by molar-refractivity contribution is -0.143. The molecule has 0 radical (unpaired) electrons. The van der Waals surface area contributed by atoms with E-state index in [-0.39, 0.29) is 18.6 Å². The summed E-state index contributed by atoms with van der Waals surface area (Å²) in [6.45, 7) is 1.57. The normalized spacial score (nSPS) is 13.6. The molecule has 7 nitrogen and oxygen atoms in total. The third kappa shape index (κ3) is 4.82. The zero-order valence-electron chi connectivity index (χ0n) is 16.0. The fraction of sp³-hybridized carbons (Fsp3) is 0.227. The molecule has 0 saturated heterocycles. The van der Waals surface area contributed by atoms with Crippen molar-refractivity contribution in [2.45, 2.75) is 25.8 Å². The van der Waals surface area contributed by atoms with E-state index in [9.17, 15) is 9.59 Å². The van der Waals surface area contributed by atoms with Crippen LogP contribution in [0.5, 0.6) is 0 Å². The number of amides is 1. The van der Waals surface area contributed by atoms with E-state index in [1.165, 1.54) is 6.08 Å². The van der Waals surface area contributed by atoms with Gasteiger partial charge in [-0.3, -0.25) is 4.79 Å². The van der Waals surface area contributed by atoms with Gasteiger partial charge in [-0.1, -0.05) is 18.2 Å². The molecular weight excluding hydrogens is 370 g/mol. The standard InChI is InChI=1S/C22H21N3O4/c1-15-7-11-19(29-15)22-16(13-25(24-22)18-5-3-2-4-6-18)8-12-21(27)28-14-20(26)23-17-9-10-17/h2-8,11-13,17H,9-10,14H2,1H3,(H,23,26). The predicted octanol–water partition coefficient (Wildman–Crippen LogP) is 3.28. The maximum atomic E-state index is 12.0. The van der Waals surface area contributed by atoms with Crippen LogP contribution < -0.4 is 5.32 Å². The first-order valence-electron chi connectivity index (χ1n) is 9.44. The van der Waals surface area contributed by atoms with E-state index in [0.717, 1.165) is 24.3 Å². The number of aromatic nitrogens is 2. The van der Waals surface area contributed by atoms with Crippen LogP contribution in [-0.2, 0) is 14.3 Å². The van der Waals surface area contributed by atoms with Crippen molar-refractivity contribution in [3.8, 4) is 17.1 Å². The topological polar surface area (TPSA) is 86.4 Å². The maximum Gasteiger partial charge on any atom is 0.331 e. The van der Waals surface area contributed by atoms with Gasteiger partial charge in [0.25, 0.3) is 5.91 Å². The number of para-hydroxylation sites is 1. The zero-order valence-corrected chi connectivity index (χ0v) is 16.0. The number of hydrogen-bond donors (Lipinski definition) is 1. The largest absolute Gasteiger partial charge is 0.460 e. The second-order valence-electron chi connectivity index (χ2n) is 6.91. The molecule has 1 amide bonds. The molecule has 1 fully saturated rings. The average molecular weight is 391 g/mol. The van der Waals surface area contributed by atoms with Crippen LogP contribution in [-0.4, -0.2) is 34.3 Å². The van der Waals surface area contributed by atoms with Crippen molar-refractivity contribution in [3.63, 3.8) is 0 Å². The average Bonchev–Trinajstić information content (AvgIpc) is 3.26. The lowest BCUT2D eigenvalue weighted by Gasteiger charge is -2.02. The number of carbonyl (C=O) groups excluding carboxylic acids is 2. The lowest BCUT2D eigenvalue weighted by atomic mass is 10.2. The molecule has 29 heavy (non-hydrogen) atoms. The minimum atomic E-state index is -0.593. The summed E-state index contributed by atoms with van der Waals surface area (Å²) in [4.78, 5) is 23.6. The number of aryl methyl sites for hydroxylation is 1. The summed E-state index contributed by atoms with van der Waals surface area (Å²) >= 11 is 0. The van der Waals surface area contributed by atoms with E-state index in [1.807, 2.05) is 55.6 Å². The summed E-state index contributed by atoms with van der Waals surface area (Å²) in [5.74, 6) is 0.502. The summed E-state index contributed by atoms with van der Waals surface area (Å²) in [5, 5.41) is 7.38. The summed E-state index contributed by atoms with van der Waals surface area (Å²) < 4.78 is 12.4. The van der Waals surface area contributed by atoms with Crippen LogP contribution in [0.3, 0.4) is 0 Å². The highest BCUT2D eigenvalue weighted by Gasteiger charge is 2.23.